The molecule has 4 bridgehead atoms. The lowest BCUT2D eigenvalue weighted by atomic mass is 9.52. The van der Waals surface area contributed by atoms with E-state index in [4.69, 9.17) is 4.74 Å². The van der Waals surface area contributed by atoms with Crippen LogP contribution in [0.15, 0.2) is 22.9 Å². The average molecular weight is 393 g/mol. The number of esters is 1. The van der Waals surface area contributed by atoms with Crippen molar-refractivity contribution in [3.8, 4) is 0 Å². The highest BCUT2D eigenvalue weighted by atomic mass is 79.9. The molecule has 24 heavy (non-hydrogen) atoms. The number of likely N-dealkylation sites (N-methyl/N-ethyl adjacent to an activating group) is 1. The number of pyridine rings is 1. The average Bonchev–Trinajstić information content (AvgIpc) is 2.53. The van der Waals surface area contributed by atoms with Gasteiger partial charge in [0.1, 0.15) is 6.61 Å². The fourth-order valence-corrected chi connectivity index (χ4v) is 6.02. The van der Waals surface area contributed by atoms with Gasteiger partial charge >= 0.3 is 5.97 Å². The van der Waals surface area contributed by atoms with E-state index in [-0.39, 0.29) is 5.97 Å². The summed E-state index contributed by atoms with van der Waals surface area (Å²) in [4.78, 5) is 18.6. The molecule has 0 radical (unpaired) electrons. The van der Waals surface area contributed by atoms with Gasteiger partial charge in [-0.1, -0.05) is 0 Å². The van der Waals surface area contributed by atoms with Gasteiger partial charge in [-0.3, -0.25) is 9.88 Å². The molecule has 4 saturated carbocycles. The van der Waals surface area contributed by atoms with Crippen molar-refractivity contribution in [1.29, 1.82) is 0 Å². The van der Waals surface area contributed by atoms with Crippen LogP contribution in [0.2, 0.25) is 0 Å². The van der Waals surface area contributed by atoms with Crippen LogP contribution in [-0.2, 0) is 4.74 Å². The fraction of sp³-hybridized carbons (Fsp3) is 0.684. The molecule has 1 heterocycles. The van der Waals surface area contributed by atoms with E-state index in [1.54, 1.807) is 18.5 Å². The maximum Gasteiger partial charge on any atom is 0.339 e. The Balaban J connectivity index is 1.32. The summed E-state index contributed by atoms with van der Waals surface area (Å²) in [5, 5.41) is 0. The maximum absolute atomic E-state index is 12.1. The number of aromatic nitrogens is 1. The summed E-state index contributed by atoms with van der Waals surface area (Å²) in [7, 11) is 2.22. The summed E-state index contributed by atoms with van der Waals surface area (Å²) < 4.78 is 6.27. The molecule has 5 rings (SSSR count). The minimum Gasteiger partial charge on any atom is -0.461 e. The lowest BCUT2D eigenvalue weighted by molar-refractivity contribution is -0.0829. The molecular formula is C19H25BrN2O2. The summed E-state index contributed by atoms with van der Waals surface area (Å²) in [6, 6.07) is 1.75. The third kappa shape index (κ3) is 3.13. The van der Waals surface area contributed by atoms with Crippen LogP contribution >= 0.6 is 15.9 Å². The molecular weight excluding hydrogens is 368 g/mol. The van der Waals surface area contributed by atoms with Crippen LogP contribution in [0, 0.1) is 17.8 Å². The molecule has 1 aromatic heterocycles. The highest BCUT2D eigenvalue weighted by Gasteiger charge is 2.52. The summed E-state index contributed by atoms with van der Waals surface area (Å²) in [6.07, 6.45) is 11.6. The molecule has 0 aromatic carbocycles. The third-order valence-electron chi connectivity index (χ3n) is 6.42. The molecule has 4 nitrogen and oxygen atoms in total. The quantitative estimate of drug-likeness (QED) is 0.712. The molecule has 130 valence electrons. The van der Waals surface area contributed by atoms with Crippen molar-refractivity contribution in [1.82, 2.24) is 9.88 Å². The smallest absolute Gasteiger partial charge is 0.339 e. The minimum absolute atomic E-state index is 0.289. The van der Waals surface area contributed by atoms with Crippen LogP contribution in [0.25, 0.3) is 0 Å². The molecule has 1 aromatic rings. The molecule has 0 amide bonds. The van der Waals surface area contributed by atoms with E-state index in [2.05, 4.69) is 32.9 Å². The Morgan fingerprint density at radius 1 is 1.25 bits per heavy atom. The number of nitrogens with zero attached hydrogens (tertiary/aromatic N) is 2. The van der Waals surface area contributed by atoms with Crippen molar-refractivity contribution in [3.05, 3.63) is 28.5 Å². The molecule has 0 spiro atoms. The van der Waals surface area contributed by atoms with Gasteiger partial charge < -0.3 is 4.74 Å². The van der Waals surface area contributed by atoms with E-state index in [9.17, 15) is 4.79 Å². The normalized spacial score (nSPS) is 33.9. The van der Waals surface area contributed by atoms with Crippen LogP contribution in [0.1, 0.15) is 48.9 Å². The number of rotatable bonds is 5. The summed E-state index contributed by atoms with van der Waals surface area (Å²) >= 11 is 3.33. The van der Waals surface area contributed by atoms with Gasteiger partial charge in [0.2, 0.25) is 0 Å². The van der Waals surface area contributed by atoms with Crippen molar-refractivity contribution in [2.75, 3.05) is 20.2 Å². The van der Waals surface area contributed by atoms with Gasteiger partial charge in [0.15, 0.2) is 0 Å². The predicted molar refractivity (Wildman–Crippen MR) is 95.8 cm³/mol. The number of hydrogen-bond donors (Lipinski definition) is 0. The van der Waals surface area contributed by atoms with E-state index in [1.165, 1.54) is 38.5 Å². The number of hydrogen-bond acceptors (Lipinski definition) is 4. The zero-order valence-corrected chi connectivity index (χ0v) is 15.8. The molecule has 0 unspecified atom stereocenters. The Labute approximate surface area is 152 Å². The van der Waals surface area contributed by atoms with Crippen LogP contribution in [-0.4, -0.2) is 41.6 Å². The topological polar surface area (TPSA) is 42.4 Å². The second-order valence-electron chi connectivity index (χ2n) is 8.09. The third-order valence-corrected chi connectivity index (χ3v) is 6.85. The van der Waals surface area contributed by atoms with Gasteiger partial charge in [-0.25, -0.2) is 4.79 Å². The van der Waals surface area contributed by atoms with E-state index >= 15 is 0 Å². The Morgan fingerprint density at radius 3 is 2.46 bits per heavy atom. The second-order valence-corrected chi connectivity index (χ2v) is 9.01. The molecule has 0 saturated heterocycles. The first-order valence-electron chi connectivity index (χ1n) is 9.03. The van der Waals surface area contributed by atoms with E-state index in [1.807, 2.05) is 0 Å². The van der Waals surface area contributed by atoms with Crippen molar-refractivity contribution >= 4 is 21.9 Å². The Kier molecular flexibility index (Phi) is 4.42. The second kappa shape index (κ2) is 6.41. The van der Waals surface area contributed by atoms with E-state index < -0.39 is 0 Å². The monoisotopic (exact) mass is 392 g/mol. The van der Waals surface area contributed by atoms with Crippen LogP contribution in [0.4, 0.5) is 0 Å². The highest BCUT2D eigenvalue weighted by Crippen LogP contribution is 2.57. The van der Waals surface area contributed by atoms with Crippen molar-refractivity contribution in [2.45, 2.75) is 44.1 Å². The van der Waals surface area contributed by atoms with Crippen molar-refractivity contribution in [2.24, 2.45) is 17.8 Å². The minimum atomic E-state index is -0.289. The molecule has 0 N–H and O–H groups in total. The Bertz CT molecular complexity index is 598. The van der Waals surface area contributed by atoms with Gasteiger partial charge in [0.05, 0.1) is 5.56 Å². The van der Waals surface area contributed by atoms with E-state index in [0.29, 0.717) is 17.7 Å². The number of halogens is 1. The first kappa shape index (κ1) is 16.5. The SMILES string of the molecule is CN(CCOC(=O)c1cncc(Br)c1)C12CC3CC(CC(C3)C1)C2. The predicted octanol–water partition coefficient (Wildman–Crippen LogP) is 3.90. The Hall–Kier alpha value is -0.940. The number of carbonyl (C=O) groups excluding carboxylic acids is 1. The zero-order chi connectivity index (χ0) is 16.7. The fourth-order valence-electron chi connectivity index (χ4n) is 5.65. The Morgan fingerprint density at radius 2 is 1.88 bits per heavy atom. The first-order valence-corrected chi connectivity index (χ1v) is 9.82. The lowest BCUT2D eigenvalue weighted by Gasteiger charge is -2.60. The van der Waals surface area contributed by atoms with E-state index in [0.717, 1.165) is 28.8 Å². The van der Waals surface area contributed by atoms with Crippen LogP contribution in [0.3, 0.4) is 0 Å². The zero-order valence-electron chi connectivity index (χ0n) is 14.2. The van der Waals surface area contributed by atoms with Crippen molar-refractivity contribution in [3.63, 3.8) is 0 Å². The van der Waals surface area contributed by atoms with Gasteiger partial charge in [-0.05, 0) is 85.3 Å². The molecule has 0 atom stereocenters. The van der Waals surface area contributed by atoms with Crippen LogP contribution < -0.4 is 0 Å². The first-order chi connectivity index (χ1) is 11.5. The standard InChI is InChI=1S/C19H25BrN2O2/c1-22(2-3-24-18(23)16-7-17(20)12-21-11-16)19-8-13-4-14(9-19)6-15(5-13)10-19/h7,11-15H,2-6,8-10H2,1H3. The maximum atomic E-state index is 12.1. The largest absolute Gasteiger partial charge is 0.461 e. The molecule has 5 heteroatoms. The molecule has 0 aliphatic heterocycles. The molecule has 4 aliphatic carbocycles. The van der Waals surface area contributed by atoms with Crippen LogP contribution in [0.5, 0.6) is 0 Å². The summed E-state index contributed by atoms with van der Waals surface area (Å²) in [5.74, 6) is 2.53. The number of ether oxygens (including phenoxy) is 1. The summed E-state index contributed by atoms with van der Waals surface area (Å²) in [5.41, 5.74) is 0.875. The lowest BCUT2D eigenvalue weighted by Crippen LogP contribution is -2.59. The van der Waals surface area contributed by atoms with Gasteiger partial charge in [0.25, 0.3) is 0 Å². The summed E-state index contributed by atoms with van der Waals surface area (Å²) in [6.45, 7) is 1.27. The number of carbonyl (C=O) groups is 1. The van der Waals surface area contributed by atoms with Gasteiger partial charge in [0, 0.05) is 29.0 Å². The van der Waals surface area contributed by atoms with Gasteiger partial charge in [-0.15, -0.1) is 0 Å². The molecule has 4 fully saturated rings. The highest BCUT2D eigenvalue weighted by molar-refractivity contribution is 9.10. The molecule has 4 aliphatic rings. The van der Waals surface area contributed by atoms with Gasteiger partial charge in [-0.2, -0.15) is 0 Å². The van der Waals surface area contributed by atoms with Crippen molar-refractivity contribution < 1.29 is 9.53 Å².